The lowest BCUT2D eigenvalue weighted by Gasteiger charge is -2.16. The van der Waals surface area contributed by atoms with Gasteiger partial charge in [0, 0.05) is 30.9 Å². The van der Waals surface area contributed by atoms with E-state index in [9.17, 15) is 0 Å². The molecular formula is C16H20N4. The molecule has 1 aromatic carbocycles. The second-order valence-corrected chi connectivity index (χ2v) is 5.90. The molecule has 2 N–H and O–H groups in total. The summed E-state index contributed by atoms with van der Waals surface area (Å²) in [5, 5.41) is 3.66. The van der Waals surface area contributed by atoms with Crippen LogP contribution in [0.3, 0.4) is 0 Å². The van der Waals surface area contributed by atoms with Gasteiger partial charge in [0.05, 0.1) is 18.2 Å². The smallest absolute Gasteiger partial charge is 0.0924 e. The van der Waals surface area contributed by atoms with Crippen molar-refractivity contribution in [3.8, 4) is 11.3 Å². The molecule has 0 bridgehead atoms. The molecule has 1 aromatic heterocycles. The van der Waals surface area contributed by atoms with Gasteiger partial charge < -0.3 is 10.3 Å². The topological polar surface area (TPSA) is 44.0 Å². The summed E-state index contributed by atoms with van der Waals surface area (Å²) < 4.78 is 0. The summed E-state index contributed by atoms with van der Waals surface area (Å²) in [5.41, 5.74) is 3.47. The number of likely N-dealkylation sites (tertiary alicyclic amines) is 1. The van der Waals surface area contributed by atoms with Gasteiger partial charge in [0.15, 0.2) is 0 Å². The number of hydrogen-bond donors (Lipinski definition) is 2. The molecule has 2 aromatic rings. The second kappa shape index (κ2) is 4.94. The monoisotopic (exact) mass is 268 g/mol. The summed E-state index contributed by atoms with van der Waals surface area (Å²) in [6.45, 7) is 2.46. The van der Waals surface area contributed by atoms with E-state index in [1.807, 2.05) is 6.20 Å². The Labute approximate surface area is 119 Å². The van der Waals surface area contributed by atoms with Gasteiger partial charge in [0.1, 0.15) is 0 Å². The van der Waals surface area contributed by atoms with Crippen LogP contribution in [0.25, 0.3) is 11.3 Å². The number of aromatic nitrogens is 2. The number of imidazole rings is 1. The minimum absolute atomic E-state index is 0.605. The number of aromatic amines is 1. The van der Waals surface area contributed by atoms with Gasteiger partial charge in [-0.1, -0.05) is 12.1 Å². The van der Waals surface area contributed by atoms with Crippen LogP contribution in [0.4, 0.5) is 5.69 Å². The summed E-state index contributed by atoms with van der Waals surface area (Å²) in [7, 11) is 0. The van der Waals surface area contributed by atoms with Gasteiger partial charge in [-0.05, 0) is 37.0 Å². The first kappa shape index (κ1) is 12.0. The van der Waals surface area contributed by atoms with Gasteiger partial charge in [-0.3, -0.25) is 4.90 Å². The summed E-state index contributed by atoms with van der Waals surface area (Å²) in [6, 6.07) is 10.1. The molecule has 4 rings (SSSR count). The Balaban J connectivity index is 1.39. The molecule has 2 fully saturated rings. The Morgan fingerprint density at radius 1 is 1.15 bits per heavy atom. The number of anilines is 1. The number of nitrogens with zero attached hydrogens (tertiary/aromatic N) is 2. The molecule has 0 radical (unpaired) electrons. The van der Waals surface area contributed by atoms with Crippen molar-refractivity contribution in [1.29, 1.82) is 0 Å². The average molecular weight is 268 g/mol. The zero-order chi connectivity index (χ0) is 13.4. The van der Waals surface area contributed by atoms with Crippen LogP contribution in [-0.4, -0.2) is 40.0 Å². The van der Waals surface area contributed by atoms with Crippen molar-refractivity contribution in [3.63, 3.8) is 0 Å². The molecule has 104 valence electrons. The highest BCUT2D eigenvalue weighted by Gasteiger charge is 2.34. The van der Waals surface area contributed by atoms with E-state index in [1.54, 1.807) is 6.33 Å². The summed E-state index contributed by atoms with van der Waals surface area (Å²) in [4.78, 5) is 9.83. The molecule has 1 saturated heterocycles. The number of hydrogen-bond acceptors (Lipinski definition) is 3. The van der Waals surface area contributed by atoms with Crippen molar-refractivity contribution in [2.75, 3.05) is 18.4 Å². The maximum atomic E-state index is 4.06. The summed E-state index contributed by atoms with van der Waals surface area (Å²) >= 11 is 0. The van der Waals surface area contributed by atoms with E-state index < -0.39 is 0 Å². The van der Waals surface area contributed by atoms with Gasteiger partial charge in [0.2, 0.25) is 0 Å². The van der Waals surface area contributed by atoms with Crippen LogP contribution in [0.2, 0.25) is 0 Å². The molecule has 4 nitrogen and oxygen atoms in total. The van der Waals surface area contributed by atoms with Crippen LogP contribution in [-0.2, 0) is 0 Å². The number of H-pyrrole nitrogens is 1. The van der Waals surface area contributed by atoms with Gasteiger partial charge in [-0.2, -0.15) is 0 Å². The third-order valence-corrected chi connectivity index (χ3v) is 4.35. The zero-order valence-electron chi connectivity index (χ0n) is 11.5. The fourth-order valence-electron chi connectivity index (χ4n) is 3.07. The molecule has 0 amide bonds. The molecule has 1 aliphatic carbocycles. The lowest BCUT2D eigenvalue weighted by Crippen LogP contribution is -2.27. The molecule has 1 unspecified atom stereocenters. The Morgan fingerprint density at radius 2 is 2.00 bits per heavy atom. The summed E-state index contributed by atoms with van der Waals surface area (Å²) in [5.74, 6) is 0. The van der Waals surface area contributed by atoms with Crippen molar-refractivity contribution >= 4 is 5.69 Å². The van der Waals surface area contributed by atoms with Crippen LogP contribution in [0.1, 0.15) is 19.3 Å². The molecule has 1 atom stereocenters. The lowest BCUT2D eigenvalue weighted by atomic mass is 10.1. The van der Waals surface area contributed by atoms with Gasteiger partial charge in [-0.25, -0.2) is 4.98 Å². The predicted octanol–water partition coefficient (Wildman–Crippen LogP) is 2.73. The first-order valence-corrected chi connectivity index (χ1v) is 7.48. The molecule has 2 heterocycles. The van der Waals surface area contributed by atoms with Crippen molar-refractivity contribution in [2.45, 2.75) is 31.3 Å². The van der Waals surface area contributed by atoms with Crippen LogP contribution < -0.4 is 5.32 Å². The van der Waals surface area contributed by atoms with E-state index in [2.05, 4.69) is 44.5 Å². The number of nitrogens with one attached hydrogen (secondary N) is 2. The Kier molecular flexibility index (Phi) is 2.96. The molecule has 1 aliphatic heterocycles. The van der Waals surface area contributed by atoms with Crippen molar-refractivity contribution in [2.24, 2.45) is 0 Å². The molecule has 1 saturated carbocycles. The average Bonchev–Trinajstić information content (AvgIpc) is 3.00. The van der Waals surface area contributed by atoms with Crippen molar-refractivity contribution < 1.29 is 0 Å². The largest absolute Gasteiger partial charge is 0.381 e. The van der Waals surface area contributed by atoms with Crippen LogP contribution in [0, 0.1) is 0 Å². The fourth-order valence-corrected chi connectivity index (χ4v) is 3.07. The first-order valence-electron chi connectivity index (χ1n) is 7.48. The normalized spacial score (nSPS) is 23.1. The van der Waals surface area contributed by atoms with E-state index in [0.717, 1.165) is 11.7 Å². The maximum absolute atomic E-state index is 4.06. The van der Waals surface area contributed by atoms with Crippen LogP contribution >= 0.6 is 0 Å². The van der Waals surface area contributed by atoms with Crippen molar-refractivity contribution in [3.05, 3.63) is 36.8 Å². The quantitative estimate of drug-likeness (QED) is 0.896. The second-order valence-electron chi connectivity index (χ2n) is 5.90. The summed E-state index contributed by atoms with van der Waals surface area (Å²) in [6.07, 6.45) is 7.65. The standard InChI is InChI=1S/C16H20N4/c1-3-13(4-2-12(1)16-9-17-11-18-16)19-14-7-8-20(10-14)15-5-6-15/h1-4,9,11,14-15,19H,5-8,10H2,(H,17,18). The molecular weight excluding hydrogens is 248 g/mol. The molecule has 4 heteroatoms. The van der Waals surface area contributed by atoms with Crippen LogP contribution in [0.15, 0.2) is 36.8 Å². The minimum Gasteiger partial charge on any atom is -0.381 e. The molecule has 2 aliphatic rings. The molecule has 20 heavy (non-hydrogen) atoms. The highest BCUT2D eigenvalue weighted by Crippen LogP contribution is 2.30. The lowest BCUT2D eigenvalue weighted by molar-refractivity contribution is 0.326. The van der Waals surface area contributed by atoms with E-state index in [0.29, 0.717) is 6.04 Å². The van der Waals surface area contributed by atoms with Gasteiger partial charge >= 0.3 is 0 Å². The van der Waals surface area contributed by atoms with E-state index in [-0.39, 0.29) is 0 Å². The maximum Gasteiger partial charge on any atom is 0.0924 e. The zero-order valence-corrected chi connectivity index (χ0v) is 11.5. The highest BCUT2D eigenvalue weighted by atomic mass is 15.2. The van der Waals surface area contributed by atoms with Crippen molar-refractivity contribution in [1.82, 2.24) is 14.9 Å². The minimum atomic E-state index is 0.605. The SMILES string of the molecule is c1ncc(-c2ccc(NC3CCN(C4CC4)C3)cc2)[nH]1. The van der Waals surface area contributed by atoms with Gasteiger partial charge in [0.25, 0.3) is 0 Å². The fraction of sp³-hybridized carbons (Fsp3) is 0.438. The predicted molar refractivity (Wildman–Crippen MR) is 80.6 cm³/mol. The van der Waals surface area contributed by atoms with E-state index in [4.69, 9.17) is 0 Å². The van der Waals surface area contributed by atoms with Gasteiger partial charge in [-0.15, -0.1) is 0 Å². The Bertz CT molecular complexity index is 557. The number of benzene rings is 1. The first-order chi connectivity index (χ1) is 9.88. The Hall–Kier alpha value is -1.81. The third-order valence-electron chi connectivity index (χ3n) is 4.35. The van der Waals surface area contributed by atoms with E-state index >= 15 is 0 Å². The number of rotatable bonds is 4. The highest BCUT2D eigenvalue weighted by molar-refractivity contribution is 5.62. The Morgan fingerprint density at radius 3 is 2.70 bits per heavy atom. The third kappa shape index (κ3) is 2.43. The van der Waals surface area contributed by atoms with Crippen LogP contribution in [0.5, 0.6) is 0 Å². The molecule has 0 spiro atoms. The van der Waals surface area contributed by atoms with E-state index in [1.165, 1.54) is 43.6 Å².